The van der Waals surface area contributed by atoms with E-state index in [2.05, 4.69) is 22.0 Å². The highest BCUT2D eigenvalue weighted by Crippen LogP contribution is 2.13. The average molecular weight is 397 g/mol. The molecule has 2 aromatic heterocycles. The normalized spacial score (nSPS) is 11.1. The minimum atomic E-state index is -0.651. The van der Waals surface area contributed by atoms with Crippen LogP contribution in [0.4, 0.5) is 0 Å². The highest BCUT2D eigenvalue weighted by Gasteiger charge is 2.10. The molecule has 154 valence electrons. The van der Waals surface area contributed by atoms with E-state index in [9.17, 15) is 5.11 Å². The molecule has 0 amide bonds. The average Bonchev–Trinajstić information content (AvgIpc) is 3.39. The minimum Gasteiger partial charge on any atom is -0.494 e. The van der Waals surface area contributed by atoms with E-state index in [4.69, 9.17) is 14.4 Å². The summed E-state index contributed by atoms with van der Waals surface area (Å²) >= 11 is 0. The van der Waals surface area contributed by atoms with Gasteiger partial charge >= 0.3 is 0 Å². The van der Waals surface area contributed by atoms with Crippen molar-refractivity contribution in [1.82, 2.24) is 14.7 Å². The lowest BCUT2D eigenvalue weighted by molar-refractivity contribution is 0.184. The van der Waals surface area contributed by atoms with Gasteiger partial charge in [0.05, 0.1) is 13.2 Å². The number of nitrogens with zero attached hydrogens (tertiary/aromatic N) is 3. The fourth-order valence-electron chi connectivity index (χ4n) is 2.46. The van der Waals surface area contributed by atoms with Crippen molar-refractivity contribution in [2.24, 2.45) is 0 Å². The standard InChI is InChI=1S/C20H21N3O4.C2H6/c1-15(25)20-21-9-10-23(20)14-17-13-19(27-22-17)8-5-16-3-6-18(7-4-16)26-12-2-11-24;1-2/h3-4,6-7,9-10,13,15,24-25H,2,11-12,14H2,1H3;1-2H3/t15-;/m0./s1. The van der Waals surface area contributed by atoms with E-state index in [0.717, 1.165) is 11.3 Å². The van der Waals surface area contributed by atoms with E-state index in [-0.39, 0.29) is 6.61 Å². The zero-order chi connectivity index (χ0) is 21.1. The van der Waals surface area contributed by atoms with Gasteiger partial charge in [-0.05, 0) is 37.1 Å². The molecule has 3 rings (SSSR count). The van der Waals surface area contributed by atoms with E-state index in [0.29, 0.717) is 36.9 Å². The van der Waals surface area contributed by atoms with Crippen LogP contribution in [-0.2, 0) is 6.54 Å². The number of aliphatic hydroxyl groups excluding tert-OH is 2. The highest BCUT2D eigenvalue weighted by atomic mass is 16.5. The first kappa shape index (κ1) is 22.2. The van der Waals surface area contributed by atoms with Crippen molar-refractivity contribution in [1.29, 1.82) is 0 Å². The maximum Gasteiger partial charge on any atom is 0.210 e. The lowest BCUT2D eigenvalue weighted by Gasteiger charge is -2.07. The summed E-state index contributed by atoms with van der Waals surface area (Å²) < 4.78 is 12.6. The molecule has 0 aliphatic rings. The van der Waals surface area contributed by atoms with Crippen LogP contribution in [0.1, 0.15) is 56.1 Å². The summed E-state index contributed by atoms with van der Waals surface area (Å²) in [6.45, 7) is 6.72. The Morgan fingerprint density at radius 3 is 2.66 bits per heavy atom. The van der Waals surface area contributed by atoms with Gasteiger partial charge < -0.3 is 24.0 Å². The van der Waals surface area contributed by atoms with Crippen LogP contribution < -0.4 is 4.74 Å². The second-order valence-electron chi connectivity index (χ2n) is 5.97. The fraction of sp³-hybridized carbons (Fsp3) is 0.364. The monoisotopic (exact) mass is 397 g/mol. The number of imidazole rings is 1. The molecule has 0 aliphatic heterocycles. The summed E-state index contributed by atoms with van der Waals surface area (Å²) in [6.07, 6.45) is 3.38. The molecule has 0 saturated heterocycles. The highest BCUT2D eigenvalue weighted by molar-refractivity contribution is 5.41. The van der Waals surface area contributed by atoms with Gasteiger partial charge in [-0.3, -0.25) is 0 Å². The van der Waals surface area contributed by atoms with Crippen molar-refractivity contribution in [2.75, 3.05) is 13.2 Å². The predicted molar refractivity (Wildman–Crippen MR) is 109 cm³/mol. The van der Waals surface area contributed by atoms with E-state index < -0.39 is 6.10 Å². The first-order valence-corrected chi connectivity index (χ1v) is 9.66. The minimum absolute atomic E-state index is 0.115. The first-order valence-electron chi connectivity index (χ1n) is 9.66. The SMILES string of the molecule is CC.C[C@H](O)c1nccn1Cc1cc(C#Cc2ccc(OCCCO)cc2)on1. The molecule has 1 aromatic carbocycles. The summed E-state index contributed by atoms with van der Waals surface area (Å²) in [4.78, 5) is 4.13. The predicted octanol–water partition coefficient (Wildman–Crippen LogP) is 3.16. The molecule has 1 atom stereocenters. The van der Waals surface area contributed by atoms with Gasteiger partial charge in [-0.2, -0.15) is 0 Å². The Morgan fingerprint density at radius 2 is 1.97 bits per heavy atom. The zero-order valence-electron chi connectivity index (χ0n) is 17.0. The van der Waals surface area contributed by atoms with Crippen LogP contribution in [0.2, 0.25) is 0 Å². The number of aromatic nitrogens is 3. The Morgan fingerprint density at radius 1 is 1.21 bits per heavy atom. The maximum absolute atomic E-state index is 9.70. The zero-order valence-corrected chi connectivity index (χ0v) is 17.0. The molecule has 7 heteroatoms. The molecule has 0 aliphatic carbocycles. The summed E-state index contributed by atoms with van der Waals surface area (Å²) in [7, 11) is 0. The van der Waals surface area contributed by atoms with Crippen LogP contribution in [0.15, 0.2) is 47.2 Å². The molecule has 0 spiro atoms. The fourth-order valence-corrected chi connectivity index (χ4v) is 2.46. The van der Waals surface area contributed by atoms with Crippen LogP contribution >= 0.6 is 0 Å². The molecular formula is C22H27N3O4. The molecule has 2 N–H and O–H groups in total. The quantitative estimate of drug-likeness (QED) is 0.470. The van der Waals surface area contributed by atoms with E-state index in [1.165, 1.54) is 0 Å². The number of rotatable bonds is 7. The lowest BCUT2D eigenvalue weighted by atomic mass is 10.2. The second kappa shape index (κ2) is 11.7. The van der Waals surface area contributed by atoms with Crippen molar-refractivity contribution in [3.63, 3.8) is 0 Å². The molecule has 29 heavy (non-hydrogen) atoms. The van der Waals surface area contributed by atoms with Crippen LogP contribution in [0.3, 0.4) is 0 Å². The molecule has 3 aromatic rings. The van der Waals surface area contributed by atoms with E-state index >= 15 is 0 Å². The summed E-state index contributed by atoms with van der Waals surface area (Å²) in [5.74, 6) is 7.74. The number of benzene rings is 1. The van der Waals surface area contributed by atoms with Crippen molar-refractivity contribution in [3.8, 4) is 17.6 Å². The van der Waals surface area contributed by atoms with Crippen molar-refractivity contribution < 1.29 is 19.5 Å². The molecule has 0 fully saturated rings. The van der Waals surface area contributed by atoms with Gasteiger partial charge in [-0.15, -0.1) is 0 Å². The molecule has 0 radical (unpaired) electrons. The number of hydrogen-bond acceptors (Lipinski definition) is 6. The lowest BCUT2D eigenvalue weighted by Crippen LogP contribution is -2.07. The van der Waals surface area contributed by atoms with Crippen LogP contribution in [0, 0.1) is 11.8 Å². The summed E-state index contributed by atoms with van der Waals surface area (Å²) in [5.41, 5.74) is 1.53. The van der Waals surface area contributed by atoms with Gasteiger partial charge in [-0.1, -0.05) is 24.9 Å². The summed E-state index contributed by atoms with van der Waals surface area (Å²) in [6, 6.07) is 9.16. The summed E-state index contributed by atoms with van der Waals surface area (Å²) in [5, 5.41) is 22.5. The second-order valence-corrected chi connectivity index (χ2v) is 5.97. The Kier molecular flexibility index (Phi) is 8.96. The third-order valence-electron chi connectivity index (χ3n) is 3.77. The topological polar surface area (TPSA) is 93.5 Å². The molecule has 2 heterocycles. The van der Waals surface area contributed by atoms with Crippen LogP contribution in [0.25, 0.3) is 0 Å². The molecular weight excluding hydrogens is 370 g/mol. The Labute approximate surface area is 171 Å². The van der Waals surface area contributed by atoms with Gasteiger partial charge in [0.15, 0.2) is 0 Å². The van der Waals surface area contributed by atoms with Gasteiger partial charge in [0.2, 0.25) is 5.76 Å². The Bertz CT molecular complexity index is 917. The number of hydrogen-bond donors (Lipinski definition) is 2. The molecule has 0 saturated carbocycles. The third-order valence-corrected chi connectivity index (χ3v) is 3.77. The smallest absolute Gasteiger partial charge is 0.210 e. The van der Waals surface area contributed by atoms with Crippen LogP contribution in [0.5, 0.6) is 5.75 Å². The van der Waals surface area contributed by atoms with Crippen LogP contribution in [-0.4, -0.2) is 38.1 Å². The Balaban J connectivity index is 0.00000145. The van der Waals surface area contributed by atoms with Gasteiger partial charge in [-0.25, -0.2) is 4.98 Å². The van der Waals surface area contributed by atoms with Crippen molar-refractivity contribution in [3.05, 3.63) is 65.6 Å². The Hall–Kier alpha value is -3.08. The number of aliphatic hydroxyl groups is 2. The van der Waals surface area contributed by atoms with Crippen molar-refractivity contribution in [2.45, 2.75) is 39.8 Å². The number of ether oxygens (including phenoxy) is 1. The van der Waals surface area contributed by atoms with E-state index in [1.54, 1.807) is 25.4 Å². The maximum atomic E-state index is 9.70. The molecule has 7 nitrogen and oxygen atoms in total. The third kappa shape index (κ3) is 6.79. The van der Waals surface area contributed by atoms with Gasteiger partial charge in [0, 0.05) is 37.1 Å². The van der Waals surface area contributed by atoms with Crippen molar-refractivity contribution >= 4 is 0 Å². The van der Waals surface area contributed by atoms with Gasteiger partial charge in [0.1, 0.15) is 23.4 Å². The molecule has 0 bridgehead atoms. The molecule has 0 unspecified atom stereocenters. The largest absolute Gasteiger partial charge is 0.494 e. The van der Waals surface area contributed by atoms with E-state index in [1.807, 2.05) is 42.7 Å². The first-order chi connectivity index (χ1) is 14.2. The van der Waals surface area contributed by atoms with Gasteiger partial charge in [0.25, 0.3) is 0 Å².